The van der Waals surface area contributed by atoms with Gasteiger partial charge in [0.05, 0.1) is 18.0 Å². The first-order chi connectivity index (χ1) is 11.8. The first kappa shape index (κ1) is 18.9. The van der Waals surface area contributed by atoms with Crippen molar-refractivity contribution in [1.29, 1.82) is 0 Å². The van der Waals surface area contributed by atoms with Gasteiger partial charge in [0.2, 0.25) is 15.9 Å². The lowest BCUT2D eigenvalue weighted by atomic mass is 10.3. The normalized spacial score (nSPS) is 12.6. The molecule has 1 aromatic carbocycles. The van der Waals surface area contributed by atoms with E-state index in [0.717, 1.165) is 0 Å². The van der Waals surface area contributed by atoms with E-state index in [0.29, 0.717) is 24.1 Å². The van der Waals surface area contributed by atoms with Crippen molar-refractivity contribution in [3.8, 4) is 6.01 Å². The van der Waals surface area contributed by atoms with E-state index in [4.69, 9.17) is 4.74 Å². The van der Waals surface area contributed by atoms with Gasteiger partial charge in [-0.1, -0.05) is 5.10 Å². The number of nitrogens with zero attached hydrogens (tertiary/aromatic N) is 3. The predicted molar refractivity (Wildman–Crippen MR) is 91.7 cm³/mol. The van der Waals surface area contributed by atoms with Crippen LogP contribution in [0.2, 0.25) is 0 Å². The Bertz CT molecular complexity index is 845. The van der Waals surface area contributed by atoms with Crippen LogP contribution in [0, 0.1) is 0 Å². The molecule has 1 atom stereocenters. The van der Waals surface area contributed by atoms with Crippen LogP contribution in [0.25, 0.3) is 0 Å². The van der Waals surface area contributed by atoms with Gasteiger partial charge in [0, 0.05) is 19.2 Å². The molecule has 2 rings (SSSR count). The number of amides is 1. The molecule has 136 valence electrons. The molecule has 0 aliphatic carbocycles. The average molecular weight is 367 g/mol. The zero-order valence-electron chi connectivity index (χ0n) is 14.5. The predicted octanol–water partition coefficient (Wildman–Crippen LogP) is 1.30. The summed E-state index contributed by atoms with van der Waals surface area (Å²) in [6.45, 7) is 5.49. The van der Waals surface area contributed by atoms with E-state index < -0.39 is 16.1 Å². The molecule has 0 spiro atoms. The van der Waals surface area contributed by atoms with Crippen molar-refractivity contribution >= 4 is 21.6 Å². The number of hydrogen-bond donors (Lipinski definition) is 2. The van der Waals surface area contributed by atoms with Gasteiger partial charge in [-0.25, -0.2) is 13.1 Å². The number of carbonyl (C=O) groups excluding carboxylic acids is 1. The van der Waals surface area contributed by atoms with Crippen LogP contribution >= 0.6 is 0 Å². The van der Waals surface area contributed by atoms with Gasteiger partial charge in [0.1, 0.15) is 0 Å². The molecule has 1 amide bonds. The third-order valence-electron chi connectivity index (χ3n) is 3.45. The molecular weight excluding hydrogens is 346 g/mol. The molecule has 1 heterocycles. The number of hydrogen-bond acceptors (Lipinski definition) is 6. The number of methoxy groups -OCH3 is 1. The van der Waals surface area contributed by atoms with Crippen molar-refractivity contribution in [3.63, 3.8) is 0 Å². The van der Waals surface area contributed by atoms with Crippen LogP contribution < -0.4 is 14.8 Å². The molecule has 25 heavy (non-hydrogen) atoms. The highest BCUT2D eigenvalue weighted by Crippen LogP contribution is 2.20. The Hall–Kier alpha value is -2.46. The molecule has 9 nitrogen and oxygen atoms in total. The number of benzene rings is 1. The van der Waals surface area contributed by atoms with Crippen LogP contribution in [-0.2, 0) is 21.4 Å². The van der Waals surface area contributed by atoms with Gasteiger partial charge in [-0.2, -0.15) is 0 Å². The maximum absolute atomic E-state index is 12.5. The highest BCUT2D eigenvalue weighted by atomic mass is 32.2. The minimum Gasteiger partial charge on any atom is -0.467 e. The molecule has 0 aliphatic heterocycles. The number of ether oxygens (including phenoxy) is 1. The highest BCUT2D eigenvalue weighted by Gasteiger charge is 2.23. The summed E-state index contributed by atoms with van der Waals surface area (Å²) in [5.74, 6) is 0.230. The number of aromatic nitrogens is 3. The fourth-order valence-electron chi connectivity index (χ4n) is 2.34. The number of carbonyl (C=O) groups is 1. The van der Waals surface area contributed by atoms with Crippen LogP contribution in [0.15, 0.2) is 29.2 Å². The van der Waals surface area contributed by atoms with E-state index in [9.17, 15) is 13.2 Å². The largest absolute Gasteiger partial charge is 0.467 e. The molecule has 1 aromatic heterocycles. The first-order valence-electron chi connectivity index (χ1n) is 7.65. The van der Waals surface area contributed by atoms with Crippen molar-refractivity contribution in [2.24, 2.45) is 0 Å². The molecule has 0 radical (unpaired) electrons. The van der Waals surface area contributed by atoms with Gasteiger partial charge in [0.15, 0.2) is 5.82 Å². The van der Waals surface area contributed by atoms with Crippen LogP contribution in [0.3, 0.4) is 0 Å². The van der Waals surface area contributed by atoms with Crippen LogP contribution in [0.1, 0.15) is 32.6 Å². The number of nitrogens with one attached hydrogen (secondary N) is 2. The SMILES string of the molecule is CCn1c(OC)nnc1[C@H](C)NS(=O)(=O)c1ccc(NC(C)=O)cc1. The zero-order valence-corrected chi connectivity index (χ0v) is 15.3. The third kappa shape index (κ3) is 4.34. The van der Waals surface area contributed by atoms with E-state index >= 15 is 0 Å². The van der Waals surface area contributed by atoms with E-state index in [1.807, 2.05) is 6.92 Å². The Morgan fingerprint density at radius 2 is 1.92 bits per heavy atom. The lowest BCUT2D eigenvalue weighted by Gasteiger charge is -2.15. The quantitative estimate of drug-likeness (QED) is 0.762. The molecule has 0 aliphatic rings. The number of anilines is 1. The molecular formula is C15H21N5O4S. The Morgan fingerprint density at radius 3 is 2.44 bits per heavy atom. The lowest BCUT2D eigenvalue weighted by molar-refractivity contribution is -0.114. The second kappa shape index (κ2) is 7.62. The summed E-state index contributed by atoms with van der Waals surface area (Å²) in [7, 11) is -2.28. The zero-order chi connectivity index (χ0) is 18.6. The van der Waals surface area contributed by atoms with Crippen LogP contribution in [0.5, 0.6) is 6.01 Å². The average Bonchev–Trinajstić information content (AvgIpc) is 2.97. The lowest BCUT2D eigenvalue weighted by Crippen LogP contribution is -2.29. The van der Waals surface area contributed by atoms with Crippen molar-refractivity contribution in [1.82, 2.24) is 19.5 Å². The van der Waals surface area contributed by atoms with Crippen molar-refractivity contribution < 1.29 is 17.9 Å². The minimum absolute atomic E-state index is 0.0861. The van der Waals surface area contributed by atoms with Gasteiger partial charge in [-0.05, 0) is 38.1 Å². The van der Waals surface area contributed by atoms with Crippen LogP contribution in [0.4, 0.5) is 5.69 Å². The van der Waals surface area contributed by atoms with Crippen molar-refractivity contribution in [3.05, 3.63) is 30.1 Å². The topological polar surface area (TPSA) is 115 Å². The minimum atomic E-state index is -3.76. The molecule has 2 N–H and O–H groups in total. The second-order valence-electron chi connectivity index (χ2n) is 5.34. The van der Waals surface area contributed by atoms with E-state index in [2.05, 4.69) is 20.2 Å². The highest BCUT2D eigenvalue weighted by molar-refractivity contribution is 7.89. The first-order valence-corrected chi connectivity index (χ1v) is 9.14. The summed E-state index contributed by atoms with van der Waals surface area (Å²) < 4.78 is 34.4. The fraction of sp³-hybridized carbons (Fsp3) is 0.400. The van der Waals surface area contributed by atoms with E-state index in [-0.39, 0.29) is 10.8 Å². The third-order valence-corrected chi connectivity index (χ3v) is 5.01. The summed E-state index contributed by atoms with van der Waals surface area (Å²) in [6, 6.07) is 5.62. The molecule has 0 bridgehead atoms. The van der Waals surface area contributed by atoms with Gasteiger partial charge in [-0.3, -0.25) is 9.36 Å². The molecule has 10 heteroatoms. The molecule has 0 unspecified atom stereocenters. The summed E-state index contributed by atoms with van der Waals surface area (Å²) in [6.07, 6.45) is 0. The van der Waals surface area contributed by atoms with E-state index in [1.165, 1.54) is 38.3 Å². The maximum Gasteiger partial charge on any atom is 0.316 e. The van der Waals surface area contributed by atoms with E-state index in [1.54, 1.807) is 11.5 Å². The molecule has 0 saturated heterocycles. The fourth-order valence-corrected chi connectivity index (χ4v) is 3.54. The molecule has 2 aromatic rings. The van der Waals surface area contributed by atoms with Gasteiger partial charge in [0.25, 0.3) is 0 Å². The van der Waals surface area contributed by atoms with Crippen molar-refractivity contribution in [2.75, 3.05) is 12.4 Å². The van der Waals surface area contributed by atoms with Gasteiger partial charge >= 0.3 is 6.01 Å². The Balaban J connectivity index is 2.20. The van der Waals surface area contributed by atoms with Gasteiger partial charge in [-0.15, -0.1) is 5.10 Å². The van der Waals surface area contributed by atoms with Gasteiger partial charge < -0.3 is 10.1 Å². The smallest absolute Gasteiger partial charge is 0.316 e. The number of sulfonamides is 1. The maximum atomic E-state index is 12.5. The standard InChI is InChI=1S/C15H21N5O4S/c1-5-20-14(17-18-15(20)24-4)10(2)19-25(22,23)13-8-6-12(7-9-13)16-11(3)21/h6-10,19H,5H2,1-4H3,(H,16,21)/t10-/m0/s1. The summed E-state index contributed by atoms with van der Waals surface area (Å²) in [5.41, 5.74) is 0.523. The second-order valence-corrected chi connectivity index (χ2v) is 7.05. The Labute approximate surface area is 146 Å². The molecule has 0 fully saturated rings. The molecule has 0 saturated carbocycles. The summed E-state index contributed by atoms with van der Waals surface area (Å²) >= 11 is 0. The van der Waals surface area contributed by atoms with Crippen molar-refractivity contribution in [2.45, 2.75) is 38.3 Å². The monoisotopic (exact) mass is 367 g/mol. The van der Waals surface area contributed by atoms with Crippen LogP contribution in [-0.4, -0.2) is 36.2 Å². The Morgan fingerprint density at radius 1 is 1.28 bits per heavy atom. The number of rotatable bonds is 7. The Kier molecular flexibility index (Phi) is 5.75. The summed E-state index contributed by atoms with van der Waals surface area (Å²) in [4.78, 5) is 11.1. The summed E-state index contributed by atoms with van der Waals surface area (Å²) in [5, 5.41) is 10.5.